The molecule has 1 aromatic heterocycles. The van der Waals surface area contributed by atoms with Gasteiger partial charge in [0.15, 0.2) is 25.5 Å². The van der Waals surface area contributed by atoms with Crippen LogP contribution >= 0.6 is 15.9 Å². The smallest absolute Gasteiger partial charge is 0.265 e. The van der Waals surface area contributed by atoms with E-state index in [1.807, 2.05) is 92.8 Å². The van der Waals surface area contributed by atoms with Crippen LogP contribution in [0, 0.1) is 23.1 Å². The number of allylic oxidation sites excluding steroid dienone is 1. The second-order valence-electron chi connectivity index (χ2n) is 19.4. The minimum absolute atomic E-state index is 0.0159. The first kappa shape index (κ1) is 43.9. The molecule has 0 unspecified atom stereocenters. The molecular weight excluding hydrogens is 846 g/mol. The molecule has 0 saturated carbocycles. The van der Waals surface area contributed by atoms with Crippen LogP contribution in [0.3, 0.4) is 0 Å². The first-order valence-electron chi connectivity index (χ1n) is 20.6. The first-order chi connectivity index (χ1) is 28.2. The minimum Gasteiger partial charge on any atom is -0.508 e. The third kappa shape index (κ3) is 7.80. The third-order valence-corrected chi connectivity index (χ3v) is 17.9. The number of carbonyl (C=O) groups excluding carboxylic acids is 2. The largest absolute Gasteiger partial charge is 0.508 e. The van der Waals surface area contributed by atoms with Gasteiger partial charge in [-0.15, -0.1) is 0 Å². The Kier molecular flexibility index (Phi) is 11.9. The molecule has 7 rings (SSSR count). The number of nitrogens with zero attached hydrogens (tertiary/aromatic N) is 2. The Morgan fingerprint density at radius 3 is 2.13 bits per heavy atom. The lowest BCUT2D eigenvalue weighted by molar-refractivity contribution is -0.0481. The summed E-state index contributed by atoms with van der Waals surface area (Å²) in [6.07, 6.45) is 0.296. The fourth-order valence-corrected chi connectivity index (χ4v) is 10.7. The van der Waals surface area contributed by atoms with Crippen LogP contribution in [-0.2, 0) is 30.6 Å². The number of fused-ring (bicyclic) bond motifs is 4. The Morgan fingerprint density at radius 2 is 1.57 bits per heavy atom. The van der Waals surface area contributed by atoms with Gasteiger partial charge in [0.1, 0.15) is 36.1 Å². The summed E-state index contributed by atoms with van der Waals surface area (Å²) in [5, 5.41) is 20.3. The quantitative estimate of drug-likeness (QED) is 0.133. The van der Waals surface area contributed by atoms with Gasteiger partial charge in [-0.25, -0.2) is 4.39 Å². The summed E-state index contributed by atoms with van der Waals surface area (Å²) < 4.78 is 43.5. The van der Waals surface area contributed by atoms with E-state index in [0.717, 1.165) is 11.1 Å². The zero-order valence-corrected chi connectivity index (χ0v) is 38.9. The molecule has 0 spiro atoms. The van der Waals surface area contributed by atoms with Gasteiger partial charge in [0.2, 0.25) is 5.78 Å². The molecule has 1 heterocycles. The van der Waals surface area contributed by atoms with Gasteiger partial charge >= 0.3 is 0 Å². The number of rotatable bonds is 12. The molecule has 60 heavy (non-hydrogen) atoms. The van der Waals surface area contributed by atoms with Gasteiger partial charge in [0.25, 0.3) is 5.88 Å². The van der Waals surface area contributed by atoms with E-state index in [2.05, 4.69) is 67.9 Å². The summed E-state index contributed by atoms with van der Waals surface area (Å²) >= 11 is 3.66. The Bertz CT molecular complexity index is 2320. The lowest BCUT2D eigenvalue weighted by atomic mass is 9.58. The maximum absolute atomic E-state index is 17.2. The molecule has 13 heteroatoms. The SMILES string of the molecule is CN(C)[C@@H]1c2onc(OCc3ccccc3)c2C(=O)[C@@]2(O[Si](C)(C)C(C)(C)C)C(O)=C3C(=O)c4c(c(F)c(CNCC(C)(C)C)c(Br)c4OCc4ccccc4)C[C@H]3C[C@@H]12. The van der Waals surface area contributed by atoms with Gasteiger partial charge in [0.05, 0.1) is 16.1 Å². The second kappa shape index (κ2) is 16.3. The molecule has 0 aliphatic heterocycles. The number of nitrogens with one attached hydrogen (secondary N) is 1. The molecule has 2 N–H and O–H groups in total. The van der Waals surface area contributed by atoms with Crippen molar-refractivity contribution < 1.29 is 37.5 Å². The van der Waals surface area contributed by atoms with E-state index in [1.165, 1.54) is 0 Å². The Balaban J connectivity index is 1.42. The predicted octanol–water partition coefficient (Wildman–Crippen LogP) is 10.3. The molecule has 10 nitrogen and oxygen atoms in total. The summed E-state index contributed by atoms with van der Waals surface area (Å²) in [4.78, 5) is 32.9. The molecule has 3 aromatic carbocycles. The van der Waals surface area contributed by atoms with Crippen molar-refractivity contribution in [3.63, 3.8) is 0 Å². The van der Waals surface area contributed by atoms with Gasteiger partial charge in [-0.1, -0.05) is 102 Å². The van der Waals surface area contributed by atoms with Gasteiger partial charge in [-0.05, 0) is 88.6 Å². The van der Waals surface area contributed by atoms with E-state index in [1.54, 1.807) is 0 Å². The molecular formula is C47H57BrFN3O7Si. The molecule has 4 atom stereocenters. The highest BCUT2D eigenvalue weighted by Crippen LogP contribution is 2.60. The standard InChI is InChI=1S/C47H57BrFN3O7Si/c1-45(2,3)26-50-23-31-36(48)40(56-24-27-17-13-11-14-18-27)34-30(37(31)49)21-29-22-32-38(52(7)8)41-35(44(51-58-41)57-25-28-19-15-12-16-20-28)43(55)47(32,42(54)33(29)39(34)53)59-60(9,10)46(4,5)6/h11-20,29,32,38,50,54H,21-26H2,1-10H3/t29-,32-,38-,47-/m0/s1. The number of aromatic nitrogens is 1. The Labute approximate surface area is 362 Å². The average molecular weight is 903 g/mol. The minimum atomic E-state index is -2.95. The van der Waals surface area contributed by atoms with Crippen molar-refractivity contribution in [1.82, 2.24) is 15.4 Å². The van der Waals surface area contributed by atoms with E-state index in [-0.39, 0.29) is 71.9 Å². The van der Waals surface area contributed by atoms with Gasteiger partial charge < -0.3 is 28.8 Å². The number of aliphatic hydroxyl groups is 1. The predicted molar refractivity (Wildman–Crippen MR) is 234 cm³/mol. The van der Waals surface area contributed by atoms with Crippen LogP contribution in [0.4, 0.5) is 4.39 Å². The van der Waals surface area contributed by atoms with Crippen LogP contribution < -0.4 is 14.8 Å². The lowest BCUT2D eigenvalue weighted by Gasteiger charge is -2.55. The van der Waals surface area contributed by atoms with Crippen molar-refractivity contribution in [3.8, 4) is 11.6 Å². The fraction of sp³-hybridized carbons (Fsp3) is 0.468. The average Bonchev–Trinajstić information content (AvgIpc) is 3.59. The Morgan fingerprint density at radius 1 is 0.967 bits per heavy atom. The normalized spacial score (nSPS) is 21.7. The highest BCUT2D eigenvalue weighted by Gasteiger charge is 2.67. The van der Waals surface area contributed by atoms with Crippen LogP contribution in [-0.4, -0.2) is 61.3 Å². The summed E-state index contributed by atoms with van der Waals surface area (Å²) in [6.45, 7) is 17.6. The summed E-state index contributed by atoms with van der Waals surface area (Å²) in [6, 6.07) is 18.4. The van der Waals surface area contributed by atoms with Crippen molar-refractivity contribution in [2.75, 3.05) is 20.6 Å². The summed E-state index contributed by atoms with van der Waals surface area (Å²) in [5.74, 6) is -3.08. The molecule has 4 aromatic rings. The molecule has 0 fully saturated rings. The van der Waals surface area contributed by atoms with E-state index in [4.69, 9.17) is 18.4 Å². The van der Waals surface area contributed by atoms with Crippen LogP contribution in [0.2, 0.25) is 18.1 Å². The van der Waals surface area contributed by atoms with Gasteiger partial charge in [-0.2, -0.15) is 0 Å². The number of carbonyl (C=O) groups is 2. The van der Waals surface area contributed by atoms with Crippen molar-refractivity contribution in [3.05, 3.63) is 121 Å². The van der Waals surface area contributed by atoms with Crippen LogP contribution in [0.25, 0.3) is 0 Å². The fourth-order valence-electron chi connectivity index (χ4n) is 8.64. The second-order valence-corrected chi connectivity index (χ2v) is 24.9. The number of hydrogen-bond donors (Lipinski definition) is 2. The zero-order valence-electron chi connectivity index (χ0n) is 36.3. The highest BCUT2D eigenvalue weighted by atomic mass is 79.9. The van der Waals surface area contributed by atoms with Crippen LogP contribution in [0.15, 0.2) is 81.0 Å². The zero-order chi connectivity index (χ0) is 43.5. The number of aliphatic hydroxyl groups excluding tert-OH is 1. The maximum Gasteiger partial charge on any atom is 0.265 e. The molecule has 3 aliphatic rings. The number of ketones is 2. The monoisotopic (exact) mass is 901 g/mol. The molecule has 320 valence electrons. The van der Waals surface area contributed by atoms with E-state index in [9.17, 15) is 5.11 Å². The van der Waals surface area contributed by atoms with Crippen molar-refractivity contribution >= 4 is 35.8 Å². The number of benzene rings is 3. The van der Waals surface area contributed by atoms with Gasteiger partial charge in [-0.3, -0.25) is 14.5 Å². The van der Waals surface area contributed by atoms with E-state index in [0.29, 0.717) is 22.3 Å². The number of Topliss-reactive ketones (excluding diaryl/α,β-unsaturated/α-hetero) is 2. The molecule has 0 bridgehead atoms. The van der Waals surface area contributed by atoms with Crippen molar-refractivity contribution in [2.24, 2.45) is 17.3 Å². The van der Waals surface area contributed by atoms with Crippen molar-refractivity contribution in [1.29, 1.82) is 0 Å². The highest BCUT2D eigenvalue weighted by molar-refractivity contribution is 9.10. The van der Waals surface area contributed by atoms with Crippen molar-refractivity contribution in [2.45, 2.75) is 104 Å². The maximum atomic E-state index is 17.2. The lowest BCUT2D eigenvalue weighted by Crippen LogP contribution is -2.65. The van der Waals surface area contributed by atoms with Crippen LogP contribution in [0.1, 0.15) is 103 Å². The number of ether oxygens (including phenoxy) is 2. The molecule has 0 amide bonds. The first-order valence-corrected chi connectivity index (χ1v) is 24.3. The molecule has 3 aliphatic carbocycles. The number of hydrogen-bond acceptors (Lipinski definition) is 10. The molecule has 0 saturated heterocycles. The topological polar surface area (TPSA) is 123 Å². The van der Waals surface area contributed by atoms with Gasteiger partial charge in [0, 0.05) is 35.7 Å². The summed E-state index contributed by atoms with van der Waals surface area (Å²) in [7, 11) is 0.797. The number of halogens is 2. The van der Waals surface area contributed by atoms with Crippen LogP contribution in [0.5, 0.6) is 11.6 Å². The summed E-state index contributed by atoms with van der Waals surface area (Å²) in [5.41, 5.74) is 0.348. The van der Waals surface area contributed by atoms with E-state index >= 15 is 14.0 Å². The Hall–Kier alpha value is -4.14. The van der Waals surface area contributed by atoms with E-state index < -0.39 is 60.0 Å². The molecule has 0 radical (unpaired) electrons. The third-order valence-electron chi connectivity index (χ3n) is 12.6.